The normalized spacial score (nSPS) is 14.0. The van der Waals surface area contributed by atoms with Gasteiger partial charge < -0.3 is 0 Å². The van der Waals surface area contributed by atoms with Crippen LogP contribution in [0, 0.1) is 10.1 Å². The standard InChI is InChI=1S/C17H11NO4/c1-10-15(11-6-8-12(9-7-11)18(21)22)17(20)14-5-3-2-4-13(14)16(10)19/h2-9H,1H3. The van der Waals surface area contributed by atoms with Crippen molar-refractivity contribution >= 4 is 22.8 Å². The highest BCUT2D eigenvalue weighted by atomic mass is 16.6. The Morgan fingerprint density at radius 3 is 1.95 bits per heavy atom. The molecule has 1 aliphatic rings. The minimum Gasteiger partial charge on any atom is -0.289 e. The predicted octanol–water partition coefficient (Wildman–Crippen LogP) is 3.45. The van der Waals surface area contributed by atoms with E-state index in [4.69, 9.17) is 0 Å². The number of Topliss-reactive ketones (excluding diaryl/α,β-unsaturated/α-hetero) is 2. The smallest absolute Gasteiger partial charge is 0.269 e. The number of hydrogen-bond acceptors (Lipinski definition) is 4. The fraction of sp³-hybridized carbons (Fsp3) is 0.0588. The van der Waals surface area contributed by atoms with E-state index in [9.17, 15) is 19.7 Å². The molecule has 0 aliphatic heterocycles. The van der Waals surface area contributed by atoms with Crippen LogP contribution in [-0.4, -0.2) is 16.5 Å². The van der Waals surface area contributed by atoms with E-state index in [2.05, 4.69) is 0 Å². The molecule has 0 radical (unpaired) electrons. The molecule has 0 bridgehead atoms. The summed E-state index contributed by atoms with van der Waals surface area (Å²) in [6.45, 7) is 1.60. The third kappa shape index (κ3) is 2.03. The lowest BCUT2D eigenvalue weighted by atomic mass is 9.82. The number of nitro benzene ring substituents is 1. The van der Waals surface area contributed by atoms with E-state index >= 15 is 0 Å². The molecule has 22 heavy (non-hydrogen) atoms. The van der Waals surface area contributed by atoms with E-state index in [0.717, 1.165) is 0 Å². The molecule has 0 spiro atoms. The summed E-state index contributed by atoms with van der Waals surface area (Å²) in [6.07, 6.45) is 0. The first-order valence-corrected chi connectivity index (χ1v) is 6.65. The van der Waals surface area contributed by atoms with Crippen molar-refractivity contribution in [2.24, 2.45) is 0 Å². The fourth-order valence-electron chi connectivity index (χ4n) is 2.60. The molecule has 108 valence electrons. The van der Waals surface area contributed by atoms with Crippen LogP contribution in [0.1, 0.15) is 33.2 Å². The van der Waals surface area contributed by atoms with Gasteiger partial charge in [-0.05, 0) is 24.6 Å². The van der Waals surface area contributed by atoms with Crippen molar-refractivity contribution in [3.63, 3.8) is 0 Å². The van der Waals surface area contributed by atoms with Crippen LogP contribution >= 0.6 is 0 Å². The van der Waals surface area contributed by atoms with Crippen molar-refractivity contribution in [1.82, 2.24) is 0 Å². The molecule has 5 nitrogen and oxygen atoms in total. The summed E-state index contributed by atoms with van der Waals surface area (Å²) in [5.74, 6) is -0.426. The van der Waals surface area contributed by atoms with E-state index in [-0.39, 0.29) is 17.3 Å². The molecule has 0 N–H and O–H groups in total. The molecule has 2 aromatic rings. The van der Waals surface area contributed by atoms with Crippen LogP contribution in [0.4, 0.5) is 5.69 Å². The van der Waals surface area contributed by atoms with Gasteiger partial charge in [-0.25, -0.2) is 0 Å². The number of benzene rings is 2. The SMILES string of the molecule is CC1=C(c2ccc([N+](=O)[O-])cc2)C(=O)c2ccccc2C1=O. The van der Waals surface area contributed by atoms with Crippen LogP contribution in [0.2, 0.25) is 0 Å². The summed E-state index contributed by atoms with van der Waals surface area (Å²) in [5, 5.41) is 10.7. The number of allylic oxidation sites excluding steroid dienone is 2. The van der Waals surface area contributed by atoms with Gasteiger partial charge in [-0.15, -0.1) is 0 Å². The molecule has 0 heterocycles. The molecule has 0 amide bonds. The highest BCUT2D eigenvalue weighted by Crippen LogP contribution is 2.32. The number of non-ortho nitro benzene ring substituents is 1. The van der Waals surface area contributed by atoms with Gasteiger partial charge in [0.15, 0.2) is 11.6 Å². The largest absolute Gasteiger partial charge is 0.289 e. The van der Waals surface area contributed by atoms with Gasteiger partial charge in [0.05, 0.1) is 4.92 Å². The molecule has 0 saturated carbocycles. The second-order valence-electron chi connectivity index (χ2n) is 5.01. The highest BCUT2D eigenvalue weighted by molar-refractivity contribution is 6.40. The Hall–Kier alpha value is -3.08. The van der Waals surface area contributed by atoms with Crippen LogP contribution in [0.25, 0.3) is 5.57 Å². The molecule has 2 aromatic carbocycles. The molecule has 5 heteroatoms. The summed E-state index contributed by atoms with van der Waals surface area (Å²) in [7, 11) is 0. The zero-order valence-electron chi connectivity index (χ0n) is 11.7. The second-order valence-corrected chi connectivity index (χ2v) is 5.01. The van der Waals surface area contributed by atoms with Crippen LogP contribution < -0.4 is 0 Å². The maximum absolute atomic E-state index is 12.6. The number of ketones is 2. The first-order valence-electron chi connectivity index (χ1n) is 6.65. The third-order valence-corrected chi connectivity index (χ3v) is 3.73. The number of hydrogen-bond donors (Lipinski definition) is 0. The van der Waals surface area contributed by atoms with Crippen molar-refractivity contribution < 1.29 is 14.5 Å². The number of nitrogens with zero attached hydrogens (tertiary/aromatic N) is 1. The Morgan fingerprint density at radius 2 is 1.41 bits per heavy atom. The first kappa shape index (κ1) is 13.9. The van der Waals surface area contributed by atoms with E-state index in [0.29, 0.717) is 27.8 Å². The Morgan fingerprint density at radius 1 is 0.864 bits per heavy atom. The van der Waals surface area contributed by atoms with E-state index < -0.39 is 4.92 Å². The van der Waals surface area contributed by atoms with Gasteiger partial charge >= 0.3 is 0 Å². The molecule has 0 fully saturated rings. The van der Waals surface area contributed by atoms with Crippen LogP contribution in [0.3, 0.4) is 0 Å². The lowest BCUT2D eigenvalue weighted by Crippen LogP contribution is -2.20. The summed E-state index contributed by atoms with van der Waals surface area (Å²) in [4.78, 5) is 35.3. The number of nitro groups is 1. The summed E-state index contributed by atoms with van der Waals surface area (Å²) in [6, 6.07) is 12.3. The van der Waals surface area contributed by atoms with Gasteiger partial charge in [-0.1, -0.05) is 24.3 Å². The average Bonchev–Trinajstić information content (AvgIpc) is 2.53. The predicted molar refractivity (Wildman–Crippen MR) is 80.8 cm³/mol. The van der Waals surface area contributed by atoms with Crippen molar-refractivity contribution in [2.45, 2.75) is 6.92 Å². The monoisotopic (exact) mass is 293 g/mol. The van der Waals surface area contributed by atoms with Crippen LogP contribution in [0.5, 0.6) is 0 Å². The summed E-state index contributed by atoms with van der Waals surface area (Å²) in [5.41, 5.74) is 1.88. The van der Waals surface area contributed by atoms with Gasteiger partial charge in [-0.2, -0.15) is 0 Å². The molecule has 0 unspecified atom stereocenters. The van der Waals surface area contributed by atoms with Gasteiger partial charge in [0.1, 0.15) is 0 Å². The number of rotatable bonds is 2. The van der Waals surface area contributed by atoms with Crippen molar-refractivity contribution in [3.8, 4) is 0 Å². The third-order valence-electron chi connectivity index (χ3n) is 3.73. The van der Waals surface area contributed by atoms with Gasteiger partial charge in [0.25, 0.3) is 5.69 Å². The zero-order valence-corrected chi connectivity index (χ0v) is 11.7. The van der Waals surface area contributed by atoms with Gasteiger partial charge in [0, 0.05) is 34.4 Å². The molecular weight excluding hydrogens is 282 g/mol. The minimum atomic E-state index is -0.506. The minimum absolute atomic E-state index is 0.0583. The lowest BCUT2D eigenvalue weighted by molar-refractivity contribution is -0.384. The molecule has 0 aromatic heterocycles. The summed E-state index contributed by atoms with van der Waals surface area (Å²) < 4.78 is 0. The molecule has 3 rings (SSSR count). The van der Waals surface area contributed by atoms with Crippen molar-refractivity contribution in [1.29, 1.82) is 0 Å². The number of carbonyl (C=O) groups excluding carboxylic acids is 2. The lowest BCUT2D eigenvalue weighted by Gasteiger charge is -2.19. The van der Waals surface area contributed by atoms with E-state index in [1.54, 1.807) is 31.2 Å². The topological polar surface area (TPSA) is 77.3 Å². The number of fused-ring (bicyclic) bond motifs is 1. The first-order chi connectivity index (χ1) is 10.5. The highest BCUT2D eigenvalue weighted by Gasteiger charge is 2.30. The average molecular weight is 293 g/mol. The van der Waals surface area contributed by atoms with Crippen LogP contribution in [0.15, 0.2) is 54.1 Å². The summed E-state index contributed by atoms with van der Waals surface area (Å²) >= 11 is 0. The van der Waals surface area contributed by atoms with Crippen molar-refractivity contribution in [3.05, 3.63) is 80.9 Å². The Labute approximate surface area is 126 Å². The Balaban J connectivity index is 2.14. The molecule has 1 aliphatic carbocycles. The zero-order chi connectivity index (χ0) is 15.9. The maximum atomic E-state index is 12.6. The van der Waals surface area contributed by atoms with Crippen LogP contribution in [-0.2, 0) is 0 Å². The molecule has 0 atom stereocenters. The van der Waals surface area contributed by atoms with E-state index in [1.165, 1.54) is 24.3 Å². The quantitative estimate of drug-likeness (QED) is 0.627. The Kier molecular flexibility index (Phi) is 3.18. The van der Waals surface area contributed by atoms with Crippen molar-refractivity contribution in [2.75, 3.05) is 0 Å². The van der Waals surface area contributed by atoms with Gasteiger partial charge in [0.2, 0.25) is 0 Å². The van der Waals surface area contributed by atoms with E-state index in [1.807, 2.05) is 0 Å². The molecule has 0 saturated heterocycles. The maximum Gasteiger partial charge on any atom is 0.269 e. The van der Waals surface area contributed by atoms with Gasteiger partial charge in [-0.3, -0.25) is 19.7 Å². The Bertz CT molecular complexity index is 847. The fourth-order valence-corrected chi connectivity index (χ4v) is 2.60. The second kappa shape index (κ2) is 5.04. The molecular formula is C17H11NO4. The number of carbonyl (C=O) groups is 2.